The molecule has 2 aromatic carbocycles. The van der Waals surface area contributed by atoms with E-state index in [1.165, 1.54) is 11.3 Å². The van der Waals surface area contributed by atoms with Gasteiger partial charge in [-0.25, -0.2) is 0 Å². The Bertz CT molecular complexity index is 1270. The van der Waals surface area contributed by atoms with Gasteiger partial charge < -0.3 is 19.5 Å². The third-order valence-electron chi connectivity index (χ3n) is 4.81. The molecule has 9 heteroatoms. The first-order chi connectivity index (χ1) is 15.6. The SMILES string of the molecule is O=C(Nc1cnn(Cc2ccccc2Cl)c1)c1cc(COc2ccc3c(c2)OCO3)cs1. The van der Waals surface area contributed by atoms with E-state index in [2.05, 4.69) is 10.4 Å². The first kappa shape index (κ1) is 20.4. The van der Waals surface area contributed by atoms with Crippen LogP contribution in [0.15, 0.2) is 66.3 Å². The van der Waals surface area contributed by atoms with Crippen LogP contribution in [-0.2, 0) is 13.2 Å². The number of benzene rings is 2. The maximum Gasteiger partial charge on any atom is 0.265 e. The number of carbonyl (C=O) groups excluding carboxylic acids is 1. The number of hydrogen-bond donors (Lipinski definition) is 1. The maximum absolute atomic E-state index is 12.6. The van der Waals surface area contributed by atoms with E-state index >= 15 is 0 Å². The summed E-state index contributed by atoms with van der Waals surface area (Å²) in [7, 11) is 0. The summed E-state index contributed by atoms with van der Waals surface area (Å²) in [4.78, 5) is 13.2. The van der Waals surface area contributed by atoms with Gasteiger partial charge in [-0.05, 0) is 35.2 Å². The van der Waals surface area contributed by atoms with Gasteiger partial charge in [0.05, 0.1) is 23.3 Å². The summed E-state index contributed by atoms with van der Waals surface area (Å²) in [6.45, 7) is 1.09. The van der Waals surface area contributed by atoms with E-state index in [1.807, 2.05) is 47.8 Å². The fourth-order valence-electron chi connectivity index (χ4n) is 3.21. The van der Waals surface area contributed by atoms with Crippen molar-refractivity contribution in [2.24, 2.45) is 0 Å². The predicted molar refractivity (Wildman–Crippen MR) is 122 cm³/mol. The van der Waals surface area contributed by atoms with Crippen LogP contribution in [-0.4, -0.2) is 22.5 Å². The van der Waals surface area contributed by atoms with Crippen LogP contribution in [0.5, 0.6) is 17.2 Å². The van der Waals surface area contributed by atoms with Crippen molar-refractivity contribution in [3.63, 3.8) is 0 Å². The van der Waals surface area contributed by atoms with E-state index < -0.39 is 0 Å². The number of aromatic nitrogens is 2. The summed E-state index contributed by atoms with van der Waals surface area (Å²) in [5.74, 6) is 1.86. The lowest BCUT2D eigenvalue weighted by Crippen LogP contribution is -2.09. The molecule has 162 valence electrons. The number of anilines is 1. The molecule has 0 unspecified atom stereocenters. The van der Waals surface area contributed by atoms with Crippen LogP contribution in [0.3, 0.4) is 0 Å². The largest absolute Gasteiger partial charge is 0.489 e. The van der Waals surface area contributed by atoms with Gasteiger partial charge in [0.15, 0.2) is 11.5 Å². The number of halogens is 1. The number of hydrogen-bond acceptors (Lipinski definition) is 6. The van der Waals surface area contributed by atoms with Gasteiger partial charge >= 0.3 is 0 Å². The van der Waals surface area contributed by atoms with Gasteiger partial charge in [-0.1, -0.05) is 29.8 Å². The van der Waals surface area contributed by atoms with Gasteiger partial charge in [-0.3, -0.25) is 9.48 Å². The van der Waals surface area contributed by atoms with E-state index in [1.54, 1.807) is 23.1 Å². The standard InChI is InChI=1S/C23H18ClN3O4S/c24-19-4-2-1-3-16(19)10-27-11-17(9-25-27)26-23(28)22-7-15(13-32-22)12-29-18-5-6-20-21(8-18)31-14-30-20/h1-9,11,13H,10,12,14H2,(H,26,28). The monoisotopic (exact) mass is 467 g/mol. The number of amides is 1. The zero-order chi connectivity index (χ0) is 21.9. The molecule has 1 amide bonds. The van der Waals surface area contributed by atoms with Crippen LogP contribution in [0.1, 0.15) is 20.8 Å². The van der Waals surface area contributed by atoms with Gasteiger partial charge in [0, 0.05) is 22.8 Å². The molecule has 32 heavy (non-hydrogen) atoms. The second-order valence-electron chi connectivity index (χ2n) is 7.10. The topological polar surface area (TPSA) is 74.6 Å². The quantitative estimate of drug-likeness (QED) is 0.404. The molecule has 0 radical (unpaired) electrons. The highest BCUT2D eigenvalue weighted by molar-refractivity contribution is 7.12. The highest BCUT2D eigenvalue weighted by Gasteiger charge is 2.15. The number of ether oxygens (including phenoxy) is 3. The molecular formula is C23H18ClN3O4S. The average molecular weight is 468 g/mol. The fourth-order valence-corrected chi connectivity index (χ4v) is 4.20. The van der Waals surface area contributed by atoms with Crippen molar-refractivity contribution in [3.05, 3.63) is 87.3 Å². The van der Waals surface area contributed by atoms with Crippen LogP contribution in [0.4, 0.5) is 5.69 Å². The van der Waals surface area contributed by atoms with Crippen molar-refractivity contribution in [1.29, 1.82) is 0 Å². The average Bonchev–Trinajstić information content (AvgIpc) is 3.54. The number of fused-ring (bicyclic) bond motifs is 1. The Morgan fingerprint density at radius 2 is 2.06 bits per heavy atom. The van der Waals surface area contributed by atoms with Crippen molar-refractivity contribution in [2.45, 2.75) is 13.2 Å². The van der Waals surface area contributed by atoms with Crippen molar-refractivity contribution in [2.75, 3.05) is 12.1 Å². The van der Waals surface area contributed by atoms with E-state index in [4.69, 9.17) is 25.8 Å². The molecule has 0 saturated heterocycles. The van der Waals surface area contributed by atoms with Crippen LogP contribution in [0, 0.1) is 0 Å². The van der Waals surface area contributed by atoms with E-state index in [9.17, 15) is 4.79 Å². The molecule has 2 aromatic heterocycles. The molecule has 1 aliphatic rings. The minimum Gasteiger partial charge on any atom is -0.489 e. The van der Waals surface area contributed by atoms with E-state index in [-0.39, 0.29) is 12.7 Å². The third kappa shape index (κ3) is 4.56. The highest BCUT2D eigenvalue weighted by Crippen LogP contribution is 2.35. The number of carbonyl (C=O) groups is 1. The summed E-state index contributed by atoms with van der Waals surface area (Å²) in [6.07, 6.45) is 3.39. The zero-order valence-electron chi connectivity index (χ0n) is 16.8. The molecule has 0 atom stereocenters. The van der Waals surface area contributed by atoms with Gasteiger partial charge in [-0.2, -0.15) is 5.10 Å². The van der Waals surface area contributed by atoms with Crippen molar-refractivity contribution in [3.8, 4) is 17.2 Å². The first-order valence-corrected chi connectivity index (χ1v) is 11.1. The van der Waals surface area contributed by atoms with Crippen molar-refractivity contribution in [1.82, 2.24) is 9.78 Å². The Kier molecular flexibility index (Phi) is 5.70. The van der Waals surface area contributed by atoms with Crippen molar-refractivity contribution < 1.29 is 19.0 Å². The normalized spacial score (nSPS) is 12.0. The Labute approximate surface area is 193 Å². The third-order valence-corrected chi connectivity index (χ3v) is 6.15. The fraction of sp³-hybridized carbons (Fsp3) is 0.130. The van der Waals surface area contributed by atoms with Gasteiger partial charge in [0.2, 0.25) is 6.79 Å². The van der Waals surface area contributed by atoms with Crippen molar-refractivity contribution >= 4 is 34.5 Å². The summed E-state index contributed by atoms with van der Waals surface area (Å²) in [6, 6.07) is 14.9. The highest BCUT2D eigenvalue weighted by atomic mass is 35.5. The lowest BCUT2D eigenvalue weighted by molar-refractivity contribution is 0.103. The summed E-state index contributed by atoms with van der Waals surface area (Å²) in [5.41, 5.74) is 2.49. The van der Waals surface area contributed by atoms with Gasteiger partial charge in [0.25, 0.3) is 5.91 Å². The molecule has 0 spiro atoms. The molecule has 0 bridgehead atoms. The Morgan fingerprint density at radius 1 is 1.19 bits per heavy atom. The predicted octanol–water partition coefficient (Wildman–Crippen LogP) is 5.21. The minimum atomic E-state index is -0.193. The zero-order valence-corrected chi connectivity index (χ0v) is 18.4. The number of nitrogens with one attached hydrogen (secondary N) is 1. The Balaban J connectivity index is 1.17. The number of thiophene rings is 1. The first-order valence-electron chi connectivity index (χ1n) is 9.81. The molecular weight excluding hydrogens is 450 g/mol. The number of nitrogens with zero attached hydrogens (tertiary/aromatic N) is 2. The van der Waals surface area contributed by atoms with Crippen LogP contribution >= 0.6 is 22.9 Å². The van der Waals surface area contributed by atoms with Gasteiger partial charge in [0.1, 0.15) is 12.4 Å². The molecule has 1 aliphatic heterocycles. The maximum atomic E-state index is 12.6. The van der Waals surface area contributed by atoms with Crippen LogP contribution in [0.25, 0.3) is 0 Å². The summed E-state index contributed by atoms with van der Waals surface area (Å²) < 4.78 is 18.2. The molecule has 1 N–H and O–H groups in total. The molecule has 0 saturated carbocycles. The second kappa shape index (κ2) is 8.94. The smallest absolute Gasteiger partial charge is 0.265 e. The van der Waals surface area contributed by atoms with Crippen LogP contribution < -0.4 is 19.5 Å². The molecule has 7 nitrogen and oxygen atoms in total. The van der Waals surface area contributed by atoms with Gasteiger partial charge in [-0.15, -0.1) is 11.3 Å². The molecule has 0 fully saturated rings. The summed E-state index contributed by atoms with van der Waals surface area (Å²) in [5, 5.41) is 9.77. The lowest BCUT2D eigenvalue weighted by atomic mass is 10.2. The minimum absolute atomic E-state index is 0.193. The van der Waals surface area contributed by atoms with E-state index in [0.29, 0.717) is 46.0 Å². The number of rotatable bonds is 7. The molecule has 4 aromatic rings. The van der Waals surface area contributed by atoms with E-state index in [0.717, 1.165) is 11.1 Å². The molecule has 0 aliphatic carbocycles. The Hall–Kier alpha value is -3.49. The molecule has 3 heterocycles. The molecule has 5 rings (SSSR count). The lowest BCUT2D eigenvalue weighted by Gasteiger charge is -2.05. The second-order valence-corrected chi connectivity index (χ2v) is 8.41. The van der Waals surface area contributed by atoms with Crippen LogP contribution in [0.2, 0.25) is 5.02 Å². The Morgan fingerprint density at radius 3 is 2.97 bits per heavy atom. The summed E-state index contributed by atoms with van der Waals surface area (Å²) >= 11 is 7.57.